The van der Waals surface area contributed by atoms with Gasteiger partial charge in [0.05, 0.1) is 4.99 Å². The molecule has 0 aliphatic heterocycles. The molecular weight excluding hydrogens is 162 g/mol. The minimum Gasteiger partial charge on any atom is -0.393 e. The van der Waals surface area contributed by atoms with E-state index in [4.69, 9.17) is 5.73 Å². The van der Waals surface area contributed by atoms with Crippen LogP contribution in [-0.4, -0.2) is 36.6 Å². The van der Waals surface area contributed by atoms with Crippen LogP contribution < -0.4 is 11.1 Å². The molecule has 0 radical (unpaired) electrons. The number of urea groups is 1. The minimum absolute atomic E-state index is 0.124. The number of carbonyl (C=O) groups excluding carboxylic acids is 1. The molecule has 64 valence electrons. The standard InChI is InChI=1S/C6H13N3OS/c1-8-6(10)9(2)4-3-5(7)11/h3-4H2,1-2H3,(H2,7,11)(H,8,10). The zero-order valence-electron chi connectivity index (χ0n) is 6.76. The summed E-state index contributed by atoms with van der Waals surface area (Å²) in [5, 5.41) is 2.49. The molecule has 0 rings (SSSR count). The zero-order valence-corrected chi connectivity index (χ0v) is 7.57. The lowest BCUT2D eigenvalue weighted by Crippen LogP contribution is -2.36. The smallest absolute Gasteiger partial charge is 0.316 e. The third-order valence-corrected chi connectivity index (χ3v) is 1.46. The highest BCUT2D eigenvalue weighted by molar-refractivity contribution is 7.80. The van der Waals surface area contributed by atoms with Crippen molar-refractivity contribution >= 4 is 23.2 Å². The van der Waals surface area contributed by atoms with Crippen LogP contribution in [0.3, 0.4) is 0 Å². The van der Waals surface area contributed by atoms with E-state index in [2.05, 4.69) is 17.5 Å². The second-order valence-electron chi connectivity index (χ2n) is 2.19. The topological polar surface area (TPSA) is 58.4 Å². The third kappa shape index (κ3) is 4.55. The second-order valence-corrected chi connectivity index (χ2v) is 2.72. The molecule has 3 N–H and O–H groups in total. The SMILES string of the molecule is CNC(=O)N(C)CCC(N)=S. The molecule has 2 amide bonds. The van der Waals surface area contributed by atoms with Crippen molar-refractivity contribution in [3.05, 3.63) is 0 Å². The molecule has 0 aromatic rings. The molecule has 0 spiro atoms. The van der Waals surface area contributed by atoms with Gasteiger partial charge in [0.25, 0.3) is 0 Å². The lowest BCUT2D eigenvalue weighted by Gasteiger charge is -2.15. The fraction of sp³-hybridized carbons (Fsp3) is 0.667. The fourth-order valence-corrected chi connectivity index (χ4v) is 0.662. The summed E-state index contributed by atoms with van der Waals surface area (Å²) in [4.78, 5) is 12.8. The summed E-state index contributed by atoms with van der Waals surface area (Å²) >= 11 is 4.66. The van der Waals surface area contributed by atoms with E-state index in [1.807, 2.05) is 0 Å². The van der Waals surface area contributed by atoms with Gasteiger partial charge in [0.15, 0.2) is 0 Å². The number of rotatable bonds is 3. The van der Waals surface area contributed by atoms with Gasteiger partial charge in [-0.2, -0.15) is 0 Å². The van der Waals surface area contributed by atoms with Gasteiger partial charge >= 0.3 is 6.03 Å². The quantitative estimate of drug-likeness (QED) is 0.590. The van der Waals surface area contributed by atoms with E-state index >= 15 is 0 Å². The van der Waals surface area contributed by atoms with E-state index in [1.54, 1.807) is 14.1 Å². The highest BCUT2D eigenvalue weighted by Crippen LogP contribution is 1.87. The molecule has 0 heterocycles. The van der Waals surface area contributed by atoms with Gasteiger partial charge in [-0.25, -0.2) is 4.79 Å². The number of nitrogens with one attached hydrogen (secondary N) is 1. The van der Waals surface area contributed by atoms with E-state index in [9.17, 15) is 4.79 Å². The summed E-state index contributed by atoms with van der Waals surface area (Å²) in [6.07, 6.45) is 0.569. The van der Waals surface area contributed by atoms with Crippen molar-refractivity contribution in [2.75, 3.05) is 20.6 Å². The van der Waals surface area contributed by atoms with Crippen LogP contribution in [-0.2, 0) is 0 Å². The van der Waals surface area contributed by atoms with Crippen molar-refractivity contribution in [3.63, 3.8) is 0 Å². The summed E-state index contributed by atoms with van der Waals surface area (Å²) in [5.41, 5.74) is 5.26. The van der Waals surface area contributed by atoms with Crippen molar-refractivity contribution in [2.45, 2.75) is 6.42 Å². The molecule has 0 unspecified atom stereocenters. The molecular formula is C6H13N3OS. The third-order valence-electron chi connectivity index (χ3n) is 1.25. The van der Waals surface area contributed by atoms with Crippen LogP contribution in [0, 0.1) is 0 Å². The highest BCUT2D eigenvalue weighted by Gasteiger charge is 2.04. The van der Waals surface area contributed by atoms with Crippen molar-refractivity contribution in [3.8, 4) is 0 Å². The van der Waals surface area contributed by atoms with Crippen LogP contribution in [0.1, 0.15) is 6.42 Å². The first-order valence-electron chi connectivity index (χ1n) is 3.29. The number of nitrogens with zero attached hydrogens (tertiary/aromatic N) is 1. The van der Waals surface area contributed by atoms with Crippen molar-refractivity contribution < 1.29 is 4.79 Å². The molecule has 0 saturated carbocycles. The second kappa shape index (κ2) is 4.90. The summed E-state index contributed by atoms with van der Waals surface area (Å²) < 4.78 is 0. The first-order valence-corrected chi connectivity index (χ1v) is 3.70. The Hall–Kier alpha value is -0.840. The number of nitrogens with two attached hydrogens (primary N) is 1. The van der Waals surface area contributed by atoms with Crippen LogP contribution >= 0.6 is 12.2 Å². The largest absolute Gasteiger partial charge is 0.393 e. The summed E-state index contributed by atoms with van der Waals surface area (Å²) in [6, 6.07) is -0.124. The maximum atomic E-state index is 10.9. The maximum absolute atomic E-state index is 10.9. The highest BCUT2D eigenvalue weighted by atomic mass is 32.1. The maximum Gasteiger partial charge on any atom is 0.316 e. The van der Waals surface area contributed by atoms with E-state index in [-0.39, 0.29) is 6.03 Å². The normalized spacial score (nSPS) is 8.91. The lowest BCUT2D eigenvalue weighted by atomic mass is 10.4. The zero-order chi connectivity index (χ0) is 8.85. The molecule has 0 bridgehead atoms. The van der Waals surface area contributed by atoms with Gasteiger partial charge in [-0.1, -0.05) is 12.2 Å². The van der Waals surface area contributed by atoms with E-state index in [1.165, 1.54) is 4.90 Å². The Morgan fingerprint density at radius 1 is 1.73 bits per heavy atom. The first kappa shape index (κ1) is 10.2. The monoisotopic (exact) mass is 175 g/mol. The molecule has 0 aliphatic rings. The van der Waals surface area contributed by atoms with Crippen LogP contribution in [0.25, 0.3) is 0 Å². The van der Waals surface area contributed by atoms with Gasteiger partial charge in [-0.15, -0.1) is 0 Å². The Morgan fingerprint density at radius 2 is 2.27 bits per heavy atom. The summed E-state index contributed by atoms with van der Waals surface area (Å²) in [5.74, 6) is 0. The van der Waals surface area contributed by atoms with E-state index in [0.717, 1.165) is 0 Å². The Balaban J connectivity index is 3.60. The van der Waals surface area contributed by atoms with Gasteiger partial charge < -0.3 is 16.0 Å². The predicted octanol–water partition coefficient (Wildman–Crippen LogP) is -0.0662. The molecule has 4 nitrogen and oxygen atoms in total. The average Bonchev–Trinajstić information content (AvgIpc) is 1.98. The summed E-state index contributed by atoms with van der Waals surface area (Å²) in [6.45, 7) is 0.564. The number of amides is 2. The average molecular weight is 175 g/mol. The Bertz CT molecular complexity index is 160. The van der Waals surface area contributed by atoms with Gasteiger partial charge in [-0.3, -0.25) is 0 Å². The van der Waals surface area contributed by atoms with Crippen molar-refractivity contribution in [1.82, 2.24) is 10.2 Å². The van der Waals surface area contributed by atoms with E-state index in [0.29, 0.717) is 18.0 Å². The summed E-state index contributed by atoms with van der Waals surface area (Å²) in [7, 11) is 3.27. The Kier molecular flexibility index (Phi) is 4.52. The van der Waals surface area contributed by atoms with Gasteiger partial charge in [0.2, 0.25) is 0 Å². The number of thiocarbonyl (C=S) groups is 1. The first-order chi connectivity index (χ1) is 5.07. The molecule has 5 heteroatoms. The van der Waals surface area contributed by atoms with Crippen LogP contribution in [0.15, 0.2) is 0 Å². The molecule has 0 aliphatic carbocycles. The minimum atomic E-state index is -0.124. The van der Waals surface area contributed by atoms with Crippen LogP contribution in [0.4, 0.5) is 4.79 Å². The van der Waals surface area contributed by atoms with E-state index < -0.39 is 0 Å². The van der Waals surface area contributed by atoms with Gasteiger partial charge in [0, 0.05) is 27.1 Å². The van der Waals surface area contributed by atoms with Crippen molar-refractivity contribution in [1.29, 1.82) is 0 Å². The Morgan fingerprint density at radius 3 is 2.64 bits per heavy atom. The van der Waals surface area contributed by atoms with Gasteiger partial charge in [-0.05, 0) is 0 Å². The predicted molar refractivity (Wildman–Crippen MR) is 48.5 cm³/mol. The molecule has 0 aromatic carbocycles. The molecule has 0 aromatic heterocycles. The fourth-order valence-electron chi connectivity index (χ4n) is 0.570. The number of carbonyl (C=O) groups is 1. The number of hydrogen-bond acceptors (Lipinski definition) is 2. The lowest BCUT2D eigenvalue weighted by molar-refractivity contribution is 0.212. The Labute approximate surface area is 71.7 Å². The molecule has 0 saturated heterocycles. The number of hydrogen-bond donors (Lipinski definition) is 2. The van der Waals surface area contributed by atoms with Gasteiger partial charge in [0.1, 0.15) is 0 Å². The van der Waals surface area contributed by atoms with Crippen LogP contribution in [0.5, 0.6) is 0 Å². The molecule has 0 fully saturated rings. The van der Waals surface area contributed by atoms with Crippen molar-refractivity contribution in [2.24, 2.45) is 5.73 Å². The molecule has 0 atom stereocenters. The van der Waals surface area contributed by atoms with Crippen LogP contribution in [0.2, 0.25) is 0 Å². The molecule has 11 heavy (non-hydrogen) atoms.